The predicted molar refractivity (Wildman–Crippen MR) is 253 cm³/mol. The van der Waals surface area contributed by atoms with Crippen molar-refractivity contribution in [1.29, 1.82) is 0 Å². The molecule has 0 amide bonds. The second kappa shape index (κ2) is 17.6. The number of nitrogens with one attached hydrogen (secondary N) is 1. The topological polar surface area (TPSA) is 110 Å². The summed E-state index contributed by atoms with van der Waals surface area (Å²) in [7, 11) is 3.51. The van der Waals surface area contributed by atoms with E-state index in [-0.39, 0.29) is 29.3 Å². The highest BCUT2D eigenvalue weighted by atomic mass is 32.2. The summed E-state index contributed by atoms with van der Waals surface area (Å²) in [6, 6.07) is 8.26. The van der Waals surface area contributed by atoms with Crippen molar-refractivity contribution >= 4 is 41.0 Å². The van der Waals surface area contributed by atoms with Crippen LogP contribution in [0.25, 0.3) is 11.8 Å². The average Bonchev–Trinajstić information content (AvgIpc) is 3.42. The molecule has 0 radical (unpaired) electrons. The van der Waals surface area contributed by atoms with Gasteiger partial charge in [-0.25, -0.2) is 4.79 Å². The van der Waals surface area contributed by atoms with E-state index in [1.165, 1.54) is 12.7 Å². The summed E-state index contributed by atoms with van der Waals surface area (Å²) < 4.78 is 27.4. The van der Waals surface area contributed by atoms with Crippen molar-refractivity contribution in [3.8, 4) is 17.2 Å². The molecule has 338 valence electrons. The van der Waals surface area contributed by atoms with Crippen molar-refractivity contribution in [3.63, 3.8) is 0 Å². The number of carbonyl (C=O) groups is 2. The number of hydrogen-bond donors (Lipinski definition) is 2. The van der Waals surface area contributed by atoms with Gasteiger partial charge in [-0.1, -0.05) is 55.4 Å². The Hall–Kier alpha value is -4.29. The molecule has 4 heterocycles. The number of carbonyl (C=O) groups excluding carboxylic acids is 2. The molecule has 1 saturated heterocycles. The molecule has 2 aromatic carbocycles. The first-order valence-corrected chi connectivity index (χ1v) is 23.8. The van der Waals surface area contributed by atoms with E-state index in [1.807, 2.05) is 12.1 Å². The van der Waals surface area contributed by atoms with Crippen molar-refractivity contribution in [3.05, 3.63) is 87.6 Å². The summed E-state index contributed by atoms with van der Waals surface area (Å²) in [6.45, 7) is 21.7. The fourth-order valence-corrected chi connectivity index (χ4v) is 12.2. The molecule has 7 aliphatic rings. The molecule has 4 aliphatic heterocycles. The van der Waals surface area contributed by atoms with Gasteiger partial charge in [0.05, 0.1) is 29.6 Å². The normalized spacial score (nSPS) is 28.4. The predicted octanol–water partition coefficient (Wildman–Crippen LogP) is 9.28. The van der Waals surface area contributed by atoms with Crippen molar-refractivity contribution in [1.82, 2.24) is 9.80 Å². The van der Waals surface area contributed by atoms with Crippen molar-refractivity contribution < 1.29 is 33.6 Å². The molecule has 10 nitrogen and oxygen atoms in total. The monoisotopic (exact) mass is 877 g/mol. The van der Waals surface area contributed by atoms with Gasteiger partial charge < -0.3 is 34.3 Å². The summed E-state index contributed by atoms with van der Waals surface area (Å²) in [5.41, 5.74) is 3.67. The number of para-hydroxylation sites is 1. The molecule has 9 rings (SSSR count). The van der Waals surface area contributed by atoms with Crippen LogP contribution in [0.2, 0.25) is 0 Å². The number of ether oxygens (including phenoxy) is 4. The SMILES string of the molecule is COC(=O)/C(C)=C\CC1(O)C(=O)C2CC(C(C)C)C13Oc1c(CC=C(C)C)c4c(c(OCCN5CCN(C)CC5)c1C1=C3C2Sc2ccccc2N1)C=CC(C)(CCC=C(C)C)O4. The van der Waals surface area contributed by atoms with E-state index in [9.17, 15) is 9.90 Å². The first-order valence-electron chi connectivity index (χ1n) is 22.9. The molecule has 2 N–H and O–H groups in total. The van der Waals surface area contributed by atoms with Crippen LogP contribution in [0.5, 0.6) is 17.2 Å². The molecular weight excluding hydrogens is 811 g/mol. The fraction of sp³-hybridized carbons (Fsp3) is 0.538. The zero-order valence-corrected chi connectivity index (χ0v) is 39.8. The number of thioether (sulfide) groups is 1. The molecule has 3 aliphatic carbocycles. The van der Waals surface area contributed by atoms with Crippen LogP contribution in [0.4, 0.5) is 5.69 Å². The third-order valence-electron chi connectivity index (χ3n) is 14.2. The standard InChI is InChI=1S/C52H67N3O7S/c1-31(2)14-13-21-50(8)22-20-36-44(61-50)35(18-17-32(3)4)46-41(45(36)60-29-28-55-26-24-54(9)25-27-55)43-42-47(63-40-16-12-11-15-39(40)53-43)37-30-38(33(5)6)52(42,62-46)51(58,48(37)56)23-19-34(7)49(57)59-10/h11-12,14-17,19-20,22,33,37-38,47,53,58H,13,18,21,23-30H2,1-10H3/b34-19-. The second-order valence-corrected chi connectivity index (χ2v) is 20.8. The van der Waals surface area contributed by atoms with Crippen LogP contribution in [0, 0.1) is 17.8 Å². The number of Topliss-reactive ketones (excluding diaryl/α,β-unsaturated/α-hetero) is 1. The molecule has 0 aromatic heterocycles. The quantitative estimate of drug-likeness (QED) is 0.114. The molecule has 2 bridgehead atoms. The highest BCUT2D eigenvalue weighted by molar-refractivity contribution is 8.00. The lowest BCUT2D eigenvalue weighted by atomic mass is 9.47. The number of esters is 1. The third kappa shape index (κ3) is 7.99. The summed E-state index contributed by atoms with van der Waals surface area (Å²) in [5.74, 6) is 0.401. The van der Waals surface area contributed by atoms with E-state index < -0.39 is 28.7 Å². The maximum Gasteiger partial charge on any atom is 0.333 e. The summed E-state index contributed by atoms with van der Waals surface area (Å²) in [5, 5.41) is 17.2. The molecule has 4 fully saturated rings. The smallest absolute Gasteiger partial charge is 0.333 e. The van der Waals surface area contributed by atoms with Crippen LogP contribution in [-0.4, -0.2) is 102 Å². The number of ketones is 1. The largest absolute Gasteiger partial charge is 0.491 e. The first-order chi connectivity index (χ1) is 30.0. The lowest BCUT2D eigenvalue weighted by Gasteiger charge is -2.64. The number of aliphatic hydroxyl groups is 1. The number of rotatable bonds is 13. The van der Waals surface area contributed by atoms with Gasteiger partial charge in [-0.3, -0.25) is 9.69 Å². The van der Waals surface area contributed by atoms with E-state index in [0.717, 1.165) is 89.7 Å². The number of allylic oxidation sites excluding steroid dienone is 4. The summed E-state index contributed by atoms with van der Waals surface area (Å²) >= 11 is 1.68. The molecule has 1 spiro atoms. The van der Waals surface area contributed by atoms with Crippen LogP contribution in [0.1, 0.15) is 97.8 Å². The van der Waals surface area contributed by atoms with Gasteiger partial charge in [0.1, 0.15) is 29.5 Å². The van der Waals surface area contributed by atoms with Gasteiger partial charge in [-0.2, -0.15) is 0 Å². The van der Waals surface area contributed by atoms with Crippen LogP contribution < -0.4 is 19.5 Å². The number of piperazine rings is 1. The number of likely N-dealkylation sites (N-methyl/N-ethyl adjacent to an activating group) is 1. The Morgan fingerprint density at radius 3 is 2.46 bits per heavy atom. The molecule has 63 heavy (non-hydrogen) atoms. The molecule has 11 heteroatoms. The highest BCUT2D eigenvalue weighted by Gasteiger charge is 2.76. The van der Waals surface area contributed by atoms with Gasteiger partial charge in [0.2, 0.25) is 0 Å². The van der Waals surface area contributed by atoms with E-state index in [0.29, 0.717) is 42.3 Å². The van der Waals surface area contributed by atoms with Crippen molar-refractivity contribution in [2.45, 2.75) is 114 Å². The number of anilines is 1. The number of benzene rings is 2. The van der Waals surface area contributed by atoms with Gasteiger partial charge >= 0.3 is 5.97 Å². The van der Waals surface area contributed by atoms with E-state index in [4.69, 9.17) is 18.9 Å². The minimum absolute atomic E-state index is 0.0143. The number of methoxy groups -OCH3 is 1. The summed E-state index contributed by atoms with van der Waals surface area (Å²) in [6.07, 6.45) is 13.0. The lowest BCUT2D eigenvalue weighted by Crippen LogP contribution is -2.78. The van der Waals surface area contributed by atoms with E-state index in [1.54, 1.807) is 24.8 Å². The Kier molecular flexibility index (Phi) is 12.6. The lowest BCUT2D eigenvalue weighted by molar-refractivity contribution is -0.203. The Labute approximate surface area is 378 Å². The van der Waals surface area contributed by atoms with Gasteiger partial charge in [-0.15, -0.1) is 11.8 Å². The van der Waals surface area contributed by atoms with Crippen molar-refractivity contribution in [2.24, 2.45) is 17.8 Å². The van der Waals surface area contributed by atoms with Gasteiger partial charge in [0, 0.05) is 77.8 Å². The Bertz CT molecular complexity index is 2310. The van der Waals surface area contributed by atoms with Gasteiger partial charge in [0.25, 0.3) is 0 Å². The second-order valence-electron chi connectivity index (χ2n) is 19.6. The van der Waals surface area contributed by atoms with Crippen LogP contribution in [0.3, 0.4) is 0 Å². The zero-order chi connectivity index (χ0) is 45.0. The number of fused-ring (bicyclic) bond motifs is 6. The Morgan fingerprint density at radius 1 is 1.03 bits per heavy atom. The Balaban J connectivity index is 1.42. The third-order valence-corrected chi connectivity index (χ3v) is 15.7. The summed E-state index contributed by atoms with van der Waals surface area (Å²) in [4.78, 5) is 34.0. The minimum atomic E-state index is -2.03. The number of hydrogen-bond acceptors (Lipinski definition) is 11. The van der Waals surface area contributed by atoms with Crippen LogP contribution in [-0.2, 0) is 20.7 Å². The molecule has 6 atom stereocenters. The molecule has 2 aromatic rings. The first kappa shape index (κ1) is 45.3. The fourth-order valence-electron chi connectivity index (χ4n) is 10.7. The van der Waals surface area contributed by atoms with Gasteiger partial charge in [0.15, 0.2) is 17.0 Å². The number of nitrogens with zero attached hydrogens (tertiary/aromatic N) is 2. The van der Waals surface area contributed by atoms with Crippen LogP contribution in [0.15, 0.2) is 75.8 Å². The highest BCUT2D eigenvalue weighted by Crippen LogP contribution is 2.69. The maximum atomic E-state index is 15.3. The zero-order valence-electron chi connectivity index (χ0n) is 39.0. The minimum Gasteiger partial charge on any atom is -0.491 e. The Morgan fingerprint density at radius 2 is 1.76 bits per heavy atom. The average molecular weight is 878 g/mol. The van der Waals surface area contributed by atoms with Gasteiger partial charge in [-0.05, 0) is 104 Å². The molecular formula is C52H67N3O7S. The molecule has 3 saturated carbocycles. The van der Waals surface area contributed by atoms with Crippen LogP contribution >= 0.6 is 11.8 Å². The molecule has 6 unspecified atom stereocenters. The van der Waals surface area contributed by atoms with Crippen molar-refractivity contribution in [2.75, 3.05) is 58.8 Å². The van der Waals surface area contributed by atoms with E-state index >= 15 is 4.79 Å². The maximum absolute atomic E-state index is 15.3. The van der Waals surface area contributed by atoms with E-state index in [2.05, 4.69) is 107 Å².